The van der Waals surface area contributed by atoms with E-state index in [-0.39, 0.29) is 17.1 Å². The molecule has 1 aliphatic heterocycles. The summed E-state index contributed by atoms with van der Waals surface area (Å²) >= 11 is 0. The predicted molar refractivity (Wildman–Crippen MR) is 80.3 cm³/mol. The van der Waals surface area contributed by atoms with Gasteiger partial charge in [0.15, 0.2) is 9.84 Å². The minimum Gasteiger partial charge on any atom is -0.346 e. The maximum atomic E-state index is 12.6. The van der Waals surface area contributed by atoms with Crippen LogP contribution in [-0.2, 0) is 20.8 Å². The molecule has 8 heteroatoms. The van der Waals surface area contributed by atoms with Crippen molar-refractivity contribution in [3.63, 3.8) is 0 Å². The highest BCUT2D eigenvalue weighted by molar-refractivity contribution is 7.91. The lowest BCUT2D eigenvalue weighted by Gasteiger charge is -2.22. The lowest BCUT2D eigenvalue weighted by atomic mass is 10.0. The van der Waals surface area contributed by atoms with Gasteiger partial charge in [0.1, 0.15) is 0 Å². The quantitative estimate of drug-likeness (QED) is 0.854. The first-order valence-corrected chi connectivity index (χ1v) is 8.69. The fourth-order valence-corrected chi connectivity index (χ4v) is 4.53. The second-order valence-corrected chi connectivity index (χ2v) is 8.03. The number of benzene rings is 1. The van der Waals surface area contributed by atoms with E-state index >= 15 is 0 Å². The van der Waals surface area contributed by atoms with E-state index in [9.17, 15) is 26.4 Å². The van der Waals surface area contributed by atoms with Gasteiger partial charge in [-0.05, 0) is 37.1 Å². The normalized spacial score (nSPS) is 24.0. The molecule has 0 aliphatic carbocycles. The maximum absolute atomic E-state index is 12.6. The number of nitrogens with one attached hydrogen (secondary N) is 1. The Morgan fingerprint density at radius 2 is 2.04 bits per heavy atom. The minimum atomic E-state index is -4.45. The zero-order valence-electron chi connectivity index (χ0n) is 12.4. The van der Waals surface area contributed by atoms with Crippen LogP contribution in [0.5, 0.6) is 0 Å². The molecule has 1 aromatic carbocycles. The summed E-state index contributed by atoms with van der Waals surface area (Å²) in [5, 5.41) is 2.60. The number of sulfone groups is 1. The Kier molecular flexibility index (Phi) is 4.57. The van der Waals surface area contributed by atoms with Crippen molar-refractivity contribution in [3.8, 4) is 0 Å². The summed E-state index contributed by atoms with van der Waals surface area (Å²) in [6.45, 7) is 1.63. The molecule has 1 saturated heterocycles. The van der Waals surface area contributed by atoms with Crippen LogP contribution in [0.1, 0.15) is 24.5 Å². The van der Waals surface area contributed by atoms with Gasteiger partial charge in [0.25, 0.3) is 0 Å². The fraction of sp³-hybridized carbons (Fsp3) is 0.400. The van der Waals surface area contributed by atoms with Crippen molar-refractivity contribution in [1.29, 1.82) is 0 Å². The molecule has 0 spiro atoms. The number of amides is 1. The van der Waals surface area contributed by atoms with Crippen LogP contribution in [0.4, 0.5) is 13.2 Å². The van der Waals surface area contributed by atoms with Crippen LogP contribution < -0.4 is 5.32 Å². The summed E-state index contributed by atoms with van der Waals surface area (Å²) in [5.74, 6) is -0.661. The number of hydrogen-bond donors (Lipinski definition) is 1. The Labute approximate surface area is 132 Å². The molecule has 1 amide bonds. The second kappa shape index (κ2) is 5.99. The standard InChI is InChI=1S/C15H16F3NO3S/c1-14(7-8-23(21,22)10-14)19-13(20)6-5-11-3-2-4-12(9-11)15(16,17)18/h2-6,9H,7-8,10H2,1H3,(H,19,20)/b6-5+. The molecule has 1 heterocycles. The van der Waals surface area contributed by atoms with Crippen molar-refractivity contribution >= 4 is 21.8 Å². The van der Waals surface area contributed by atoms with E-state index < -0.39 is 33.0 Å². The molecule has 0 bridgehead atoms. The summed E-state index contributed by atoms with van der Waals surface area (Å²) in [5.41, 5.74) is -1.40. The molecule has 1 fully saturated rings. The first-order valence-electron chi connectivity index (χ1n) is 6.87. The van der Waals surface area contributed by atoms with Gasteiger partial charge in [0.05, 0.1) is 22.6 Å². The third-order valence-electron chi connectivity index (χ3n) is 3.57. The summed E-state index contributed by atoms with van der Waals surface area (Å²) in [6, 6.07) is 4.58. The molecule has 1 aromatic rings. The van der Waals surface area contributed by atoms with Crippen molar-refractivity contribution in [2.24, 2.45) is 0 Å². The van der Waals surface area contributed by atoms with E-state index in [1.807, 2.05) is 0 Å². The Balaban J connectivity index is 2.05. The van der Waals surface area contributed by atoms with Gasteiger partial charge in [-0.1, -0.05) is 12.1 Å². The zero-order valence-corrected chi connectivity index (χ0v) is 13.2. The number of alkyl halides is 3. The molecular weight excluding hydrogens is 331 g/mol. The number of carbonyl (C=O) groups excluding carboxylic acids is 1. The molecule has 0 radical (unpaired) electrons. The van der Waals surface area contributed by atoms with Gasteiger partial charge in [-0.3, -0.25) is 4.79 Å². The maximum Gasteiger partial charge on any atom is 0.416 e. The van der Waals surface area contributed by atoms with E-state index in [1.54, 1.807) is 6.92 Å². The van der Waals surface area contributed by atoms with Crippen molar-refractivity contribution in [2.45, 2.75) is 25.1 Å². The first kappa shape index (κ1) is 17.5. The van der Waals surface area contributed by atoms with Gasteiger partial charge >= 0.3 is 6.18 Å². The zero-order chi connectivity index (χ0) is 17.3. The molecule has 23 heavy (non-hydrogen) atoms. The number of hydrogen-bond acceptors (Lipinski definition) is 3. The number of carbonyl (C=O) groups is 1. The van der Waals surface area contributed by atoms with Crippen molar-refractivity contribution < 1.29 is 26.4 Å². The molecule has 126 valence electrons. The summed E-state index contributed by atoms with van der Waals surface area (Å²) in [4.78, 5) is 11.9. The van der Waals surface area contributed by atoms with E-state index in [2.05, 4.69) is 5.32 Å². The van der Waals surface area contributed by atoms with E-state index in [0.29, 0.717) is 6.42 Å². The van der Waals surface area contributed by atoms with Crippen molar-refractivity contribution in [1.82, 2.24) is 5.32 Å². The Morgan fingerprint density at radius 3 is 2.61 bits per heavy atom. The van der Waals surface area contributed by atoms with E-state index in [0.717, 1.165) is 18.2 Å². The van der Waals surface area contributed by atoms with Crippen LogP contribution in [0, 0.1) is 0 Å². The van der Waals surface area contributed by atoms with Gasteiger partial charge in [-0.15, -0.1) is 0 Å². The summed E-state index contributed by atoms with van der Waals surface area (Å²) in [6.07, 6.45) is -1.76. The molecule has 4 nitrogen and oxygen atoms in total. The summed E-state index contributed by atoms with van der Waals surface area (Å²) < 4.78 is 60.7. The molecule has 1 unspecified atom stereocenters. The molecule has 1 N–H and O–H groups in total. The first-order chi connectivity index (χ1) is 10.5. The minimum absolute atomic E-state index is 0.0150. The van der Waals surface area contributed by atoms with E-state index in [4.69, 9.17) is 0 Å². The van der Waals surface area contributed by atoms with Crippen LogP contribution >= 0.6 is 0 Å². The Morgan fingerprint density at radius 1 is 1.35 bits per heavy atom. The third kappa shape index (κ3) is 4.82. The highest BCUT2D eigenvalue weighted by Gasteiger charge is 2.39. The van der Waals surface area contributed by atoms with Gasteiger partial charge in [-0.25, -0.2) is 8.42 Å². The molecule has 2 rings (SSSR count). The van der Waals surface area contributed by atoms with Gasteiger partial charge in [-0.2, -0.15) is 13.2 Å². The van der Waals surface area contributed by atoms with Crippen LogP contribution in [0.25, 0.3) is 6.08 Å². The molecular formula is C15H16F3NO3S. The smallest absolute Gasteiger partial charge is 0.346 e. The van der Waals surface area contributed by atoms with Crippen LogP contribution in [-0.4, -0.2) is 31.4 Å². The highest BCUT2D eigenvalue weighted by Crippen LogP contribution is 2.29. The van der Waals surface area contributed by atoms with E-state index in [1.165, 1.54) is 18.2 Å². The van der Waals surface area contributed by atoms with Crippen LogP contribution in [0.15, 0.2) is 30.3 Å². The van der Waals surface area contributed by atoms with Crippen LogP contribution in [0.2, 0.25) is 0 Å². The number of halogens is 3. The van der Waals surface area contributed by atoms with Gasteiger partial charge in [0, 0.05) is 6.08 Å². The monoisotopic (exact) mass is 347 g/mol. The topological polar surface area (TPSA) is 63.2 Å². The average Bonchev–Trinajstić information content (AvgIpc) is 2.69. The molecule has 1 atom stereocenters. The Bertz CT molecular complexity index is 741. The SMILES string of the molecule is CC1(NC(=O)/C=C/c2cccc(C(F)(F)F)c2)CCS(=O)(=O)C1. The third-order valence-corrected chi connectivity index (χ3v) is 5.47. The second-order valence-electron chi connectivity index (χ2n) is 5.85. The molecule has 0 aromatic heterocycles. The van der Waals surface area contributed by atoms with Crippen LogP contribution in [0.3, 0.4) is 0 Å². The van der Waals surface area contributed by atoms with Crippen molar-refractivity contribution in [3.05, 3.63) is 41.5 Å². The lowest BCUT2D eigenvalue weighted by Crippen LogP contribution is -2.46. The fourth-order valence-electron chi connectivity index (χ4n) is 2.44. The molecule has 1 aliphatic rings. The average molecular weight is 347 g/mol. The number of rotatable bonds is 3. The Hall–Kier alpha value is -1.83. The van der Waals surface area contributed by atoms with Gasteiger partial charge in [0.2, 0.25) is 5.91 Å². The predicted octanol–water partition coefficient (Wildman–Crippen LogP) is 2.41. The largest absolute Gasteiger partial charge is 0.416 e. The highest BCUT2D eigenvalue weighted by atomic mass is 32.2. The molecule has 0 saturated carbocycles. The van der Waals surface area contributed by atoms with Crippen molar-refractivity contribution in [2.75, 3.05) is 11.5 Å². The van der Waals surface area contributed by atoms with Gasteiger partial charge < -0.3 is 5.32 Å². The lowest BCUT2D eigenvalue weighted by molar-refractivity contribution is -0.137. The summed E-state index contributed by atoms with van der Waals surface area (Å²) in [7, 11) is -3.15.